The second-order valence-electron chi connectivity index (χ2n) is 6.59. The van der Waals surface area contributed by atoms with Crippen molar-refractivity contribution in [3.8, 4) is 5.69 Å². The third-order valence-electron chi connectivity index (χ3n) is 4.54. The summed E-state index contributed by atoms with van der Waals surface area (Å²) in [5, 5.41) is 8.10. The Morgan fingerprint density at radius 1 is 1.11 bits per heavy atom. The van der Waals surface area contributed by atoms with Gasteiger partial charge in [0.25, 0.3) is 5.91 Å². The van der Waals surface area contributed by atoms with E-state index in [2.05, 4.69) is 26.3 Å². The minimum atomic E-state index is -0.308. The van der Waals surface area contributed by atoms with Crippen LogP contribution in [0.15, 0.2) is 71.3 Å². The Morgan fingerprint density at radius 2 is 1.82 bits per heavy atom. The fraction of sp³-hybridized carbons (Fsp3) is 0.0909. The fourth-order valence-electron chi connectivity index (χ4n) is 3.05. The monoisotopic (exact) mass is 437 g/mol. The molecule has 140 valence electrons. The summed E-state index contributed by atoms with van der Waals surface area (Å²) in [6, 6.07) is 17.8. The van der Waals surface area contributed by atoms with Gasteiger partial charge in [-0.3, -0.25) is 4.79 Å². The van der Waals surface area contributed by atoms with E-state index in [1.165, 1.54) is 17.7 Å². The van der Waals surface area contributed by atoms with Crippen LogP contribution in [0.3, 0.4) is 0 Å². The maximum absolute atomic E-state index is 13.2. The largest absolute Gasteiger partial charge is 0.348 e. The van der Waals surface area contributed by atoms with E-state index in [-0.39, 0.29) is 11.7 Å². The van der Waals surface area contributed by atoms with Gasteiger partial charge < -0.3 is 5.32 Å². The molecular formula is C22H17BrFN3O. The molecule has 0 aliphatic carbocycles. The number of nitrogens with zero attached hydrogens (tertiary/aromatic N) is 2. The number of rotatable bonds is 4. The molecule has 0 fully saturated rings. The Balaban J connectivity index is 1.66. The zero-order valence-corrected chi connectivity index (χ0v) is 16.7. The third-order valence-corrected chi connectivity index (χ3v) is 5.00. The summed E-state index contributed by atoms with van der Waals surface area (Å²) >= 11 is 3.48. The normalized spacial score (nSPS) is 11.0. The molecule has 0 bridgehead atoms. The Kier molecular flexibility index (Phi) is 4.96. The van der Waals surface area contributed by atoms with Gasteiger partial charge in [0.15, 0.2) is 0 Å². The molecule has 0 saturated carbocycles. The van der Waals surface area contributed by atoms with Crippen LogP contribution in [0.5, 0.6) is 0 Å². The van der Waals surface area contributed by atoms with E-state index in [4.69, 9.17) is 0 Å². The van der Waals surface area contributed by atoms with Crippen LogP contribution in [0.2, 0.25) is 0 Å². The van der Waals surface area contributed by atoms with Crippen LogP contribution in [0.25, 0.3) is 16.6 Å². The van der Waals surface area contributed by atoms with E-state index >= 15 is 0 Å². The molecule has 0 radical (unpaired) electrons. The summed E-state index contributed by atoms with van der Waals surface area (Å²) in [7, 11) is 0. The highest BCUT2D eigenvalue weighted by atomic mass is 79.9. The molecule has 1 aromatic heterocycles. The zero-order chi connectivity index (χ0) is 19.7. The Hall–Kier alpha value is -2.99. The smallest absolute Gasteiger partial charge is 0.252 e. The van der Waals surface area contributed by atoms with Crippen molar-refractivity contribution in [3.05, 3.63) is 93.8 Å². The van der Waals surface area contributed by atoms with Gasteiger partial charge in [-0.05, 0) is 48.9 Å². The maximum atomic E-state index is 13.2. The quantitative estimate of drug-likeness (QED) is 0.478. The average molecular weight is 438 g/mol. The van der Waals surface area contributed by atoms with Crippen LogP contribution in [0, 0.1) is 12.7 Å². The van der Waals surface area contributed by atoms with Crippen molar-refractivity contribution < 1.29 is 9.18 Å². The topological polar surface area (TPSA) is 46.9 Å². The summed E-state index contributed by atoms with van der Waals surface area (Å²) < 4.78 is 15.7. The first kappa shape index (κ1) is 18.4. The number of fused-ring (bicyclic) bond motifs is 1. The van der Waals surface area contributed by atoms with Gasteiger partial charge in [-0.1, -0.05) is 45.8 Å². The fourth-order valence-corrected chi connectivity index (χ4v) is 3.50. The zero-order valence-electron chi connectivity index (χ0n) is 15.1. The van der Waals surface area contributed by atoms with Crippen molar-refractivity contribution in [2.75, 3.05) is 0 Å². The van der Waals surface area contributed by atoms with Gasteiger partial charge in [0.2, 0.25) is 0 Å². The van der Waals surface area contributed by atoms with Crippen LogP contribution < -0.4 is 5.32 Å². The predicted molar refractivity (Wildman–Crippen MR) is 111 cm³/mol. The van der Waals surface area contributed by atoms with Gasteiger partial charge in [-0.2, -0.15) is 5.10 Å². The molecule has 0 aliphatic heterocycles. The molecule has 0 spiro atoms. The summed E-state index contributed by atoms with van der Waals surface area (Å²) in [6.07, 6.45) is 1.66. The van der Waals surface area contributed by atoms with Gasteiger partial charge in [-0.15, -0.1) is 0 Å². The molecule has 0 atom stereocenters. The van der Waals surface area contributed by atoms with E-state index in [1.54, 1.807) is 29.1 Å². The molecule has 1 amide bonds. The van der Waals surface area contributed by atoms with E-state index in [1.807, 2.05) is 37.3 Å². The number of carbonyl (C=O) groups excluding carboxylic acids is 1. The lowest BCUT2D eigenvalue weighted by molar-refractivity contribution is 0.0952. The molecule has 0 unspecified atom stereocenters. The van der Waals surface area contributed by atoms with E-state index < -0.39 is 0 Å². The van der Waals surface area contributed by atoms with E-state index in [0.717, 1.165) is 26.6 Å². The van der Waals surface area contributed by atoms with Gasteiger partial charge >= 0.3 is 0 Å². The average Bonchev–Trinajstić information content (AvgIpc) is 3.11. The number of benzene rings is 3. The number of hydrogen-bond acceptors (Lipinski definition) is 2. The minimum absolute atomic E-state index is 0.175. The molecule has 3 aromatic carbocycles. The lowest BCUT2D eigenvalue weighted by Crippen LogP contribution is -2.23. The summed E-state index contributed by atoms with van der Waals surface area (Å²) in [5.41, 5.74) is 4.23. The van der Waals surface area contributed by atoms with Crippen LogP contribution in [-0.4, -0.2) is 15.7 Å². The van der Waals surface area contributed by atoms with Gasteiger partial charge in [-0.25, -0.2) is 9.07 Å². The third kappa shape index (κ3) is 3.68. The van der Waals surface area contributed by atoms with Crippen LogP contribution >= 0.6 is 15.9 Å². The van der Waals surface area contributed by atoms with Gasteiger partial charge in [0.1, 0.15) is 5.82 Å². The number of aromatic nitrogens is 2. The summed E-state index contributed by atoms with van der Waals surface area (Å²) in [6.45, 7) is 2.47. The molecule has 4 aromatic rings. The number of nitrogens with one attached hydrogen (secondary N) is 1. The molecule has 6 heteroatoms. The highest BCUT2D eigenvalue weighted by Gasteiger charge is 2.15. The number of halogens is 2. The first-order chi connectivity index (χ1) is 13.5. The predicted octanol–water partition coefficient (Wildman–Crippen LogP) is 5.17. The van der Waals surface area contributed by atoms with Crippen molar-refractivity contribution in [1.82, 2.24) is 15.1 Å². The number of aryl methyl sites for hydroxylation is 1. The van der Waals surface area contributed by atoms with Crippen LogP contribution in [0.4, 0.5) is 4.39 Å². The van der Waals surface area contributed by atoms with Gasteiger partial charge in [0, 0.05) is 16.4 Å². The SMILES string of the molecule is Cc1ccc(CNC(=O)c2cc(Br)cc3c2cnn3-c2ccc(F)cc2)cc1. The Bertz CT molecular complexity index is 1150. The van der Waals surface area contributed by atoms with Crippen molar-refractivity contribution in [1.29, 1.82) is 0 Å². The van der Waals surface area contributed by atoms with Crippen LogP contribution in [-0.2, 0) is 6.54 Å². The molecule has 0 aliphatic rings. The summed E-state index contributed by atoms with van der Waals surface area (Å²) in [4.78, 5) is 12.8. The van der Waals surface area contributed by atoms with E-state index in [9.17, 15) is 9.18 Å². The maximum Gasteiger partial charge on any atom is 0.252 e. The van der Waals surface area contributed by atoms with E-state index in [0.29, 0.717) is 12.1 Å². The second kappa shape index (κ2) is 7.56. The molecular weight excluding hydrogens is 421 g/mol. The number of carbonyl (C=O) groups is 1. The van der Waals surface area contributed by atoms with Crippen molar-refractivity contribution in [2.45, 2.75) is 13.5 Å². The molecule has 4 rings (SSSR count). The van der Waals surface area contributed by atoms with Crippen molar-refractivity contribution in [3.63, 3.8) is 0 Å². The number of amides is 1. The van der Waals surface area contributed by atoms with Crippen molar-refractivity contribution >= 4 is 32.7 Å². The Labute approximate surface area is 170 Å². The minimum Gasteiger partial charge on any atom is -0.348 e. The van der Waals surface area contributed by atoms with Crippen LogP contribution in [0.1, 0.15) is 21.5 Å². The lowest BCUT2D eigenvalue weighted by Gasteiger charge is -2.09. The molecule has 0 saturated heterocycles. The standard InChI is InChI=1S/C22H17BrFN3O/c1-14-2-4-15(5-3-14)12-25-22(28)19-10-16(23)11-21-20(19)13-26-27(21)18-8-6-17(24)7-9-18/h2-11,13H,12H2,1H3,(H,25,28). The second-order valence-corrected chi connectivity index (χ2v) is 7.50. The highest BCUT2D eigenvalue weighted by molar-refractivity contribution is 9.10. The van der Waals surface area contributed by atoms with Gasteiger partial charge in [0.05, 0.1) is 23.0 Å². The molecule has 1 N–H and O–H groups in total. The highest BCUT2D eigenvalue weighted by Crippen LogP contribution is 2.26. The lowest BCUT2D eigenvalue weighted by atomic mass is 10.1. The first-order valence-electron chi connectivity index (χ1n) is 8.78. The Morgan fingerprint density at radius 3 is 2.54 bits per heavy atom. The number of hydrogen-bond donors (Lipinski definition) is 1. The summed E-state index contributed by atoms with van der Waals surface area (Å²) in [5.74, 6) is -0.483. The first-order valence-corrected chi connectivity index (χ1v) is 9.57. The molecule has 28 heavy (non-hydrogen) atoms. The molecule has 4 nitrogen and oxygen atoms in total. The molecule has 1 heterocycles. The van der Waals surface area contributed by atoms with Crippen molar-refractivity contribution in [2.24, 2.45) is 0 Å².